The Morgan fingerprint density at radius 2 is 2.05 bits per heavy atom. The van der Waals surface area contributed by atoms with Gasteiger partial charge in [-0.05, 0) is 17.7 Å². The summed E-state index contributed by atoms with van der Waals surface area (Å²) in [7, 11) is 0. The molecule has 1 aromatic heterocycles. The van der Waals surface area contributed by atoms with Crippen molar-refractivity contribution in [1.82, 2.24) is 15.3 Å². The van der Waals surface area contributed by atoms with Crippen LogP contribution in [0.2, 0.25) is 0 Å². The number of nitrogens with one attached hydrogen (secondary N) is 1. The van der Waals surface area contributed by atoms with E-state index in [1.54, 1.807) is 0 Å². The molecule has 0 aliphatic carbocycles. The Morgan fingerprint density at radius 1 is 1.29 bits per heavy atom. The zero-order valence-electron chi connectivity index (χ0n) is 11.3. The largest absolute Gasteiger partial charge is 0.476 e. The number of carbonyl (C=O) groups is 1. The number of aromatic nitrogens is 2. The van der Waals surface area contributed by atoms with Gasteiger partial charge in [-0.1, -0.05) is 28.1 Å². The highest BCUT2D eigenvalue weighted by molar-refractivity contribution is 9.10. The molecule has 0 saturated carbocycles. The SMILES string of the molecule is O=C(O)c1nc(Cc2ccc(Br)cc2)nc2c1CNCC2. The molecule has 1 aliphatic heterocycles. The van der Waals surface area contributed by atoms with Crippen LogP contribution in [-0.2, 0) is 19.4 Å². The minimum Gasteiger partial charge on any atom is -0.476 e. The molecule has 0 fully saturated rings. The van der Waals surface area contributed by atoms with Crippen molar-refractivity contribution in [2.75, 3.05) is 6.54 Å². The number of nitrogens with zero attached hydrogens (tertiary/aromatic N) is 2. The van der Waals surface area contributed by atoms with Crippen molar-refractivity contribution < 1.29 is 9.90 Å². The third kappa shape index (κ3) is 3.11. The van der Waals surface area contributed by atoms with Gasteiger partial charge in [0.1, 0.15) is 5.82 Å². The first kappa shape index (κ1) is 14.2. The van der Waals surface area contributed by atoms with Crippen molar-refractivity contribution in [2.45, 2.75) is 19.4 Å². The van der Waals surface area contributed by atoms with Crippen LogP contribution in [0.1, 0.15) is 33.1 Å². The van der Waals surface area contributed by atoms with E-state index >= 15 is 0 Å². The molecule has 108 valence electrons. The van der Waals surface area contributed by atoms with Gasteiger partial charge in [0.05, 0.1) is 5.69 Å². The minimum absolute atomic E-state index is 0.124. The Balaban J connectivity index is 1.97. The van der Waals surface area contributed by atoms with Crippen molar-refractivity contribution in [1.29, 1.82) is 0 Å². The fraction of sp³-hybridized carbons (Fsp3) is 0.267. The molecular weight excluding hydrogens is 334 g/mol. The summed E-state index contributed by atoms with van der Waals surface area (Å²) in [6.45, 7) is 1.34. The Kier molecular flexibility index (Phi) is 3.98. The van der Waals surface area contributed by atoms with Crippen molar-refractivity contribution >= 4 is 21.9 Å². The van der Waals surface area contributed by atoms with Crippen LogP contribution in [0.15, 0.2) is 28.7 Å². The van der Waals surface area contributed by atoms with Gasteiger partial charge in [-0.25, -0.2) is 14.8 Å². The monoisotopic (exact) mass is 347 g/mol. The van der Waals surface area contributed by atoms with Crippen LogP contribution >= 0.6 is 15.9 Å². The quantitative estimate of drug-likeness (QED) is 0.889. The fourth-order valence-corrected chi connectivity index (χ4v) is 2.70. The first-order valence-corrected chi connectivity index (χ1v) is 7.50. The van der Waals surface area contributed by atoms with Crippen LogP contribution in [0.25, 0.3) is 0 Å². The molecule has 2 aromatic rings. The zero-order chi connectivity index (χ0) is 14.8. The first-order valence-electron chi connectivity index (χ1n) is 6.70. The van der Waals surface area contributed by atoms with E-state index in [2.05, 4.69) is 31.2 Å². The maximum atomic E-state index is 11.4. The smallest absolute Gasteiger partial charge is 0.354 e. The molecule has 2 heterocycles. The van der Waals surface area contributed by atoms with E-state index in [9.17, 15) is 9.90 Å². The van der Waals surface area contributed by atoms with Crippen molar-refractivity contribution in [2.24, 2.45) is 0 Å². The Hall–Kier alpha value is -1.79. The fourth-order valence-electron chi connectivity index (χ4n) is 2.43. The maximum Gasteiger partial charge on any atom is 0.354 e. The molecule has 2 N–H and O–H groups in total. The summed E-state index contributed by atoms with van der Waals surface area (Å²) in [4.78, 5) is 20.2. The normalized spacial score (nSPS) is 13.8. The summed E-state index contributed by atoms with van der Waals surface area (Å²) >= 11 is 3.39. The molecule has 1 aliphatic rings. The number of rotatable bonds is 3. The molecule has 0 radical (unpaired) electrons. The average molecular weight is 348 g/mol. The second kappa shape index (κ2) is 5.91. The lowest BCUT2D eigenvalue weighted by molar-refractivity contribution is 0.0688. The number of carboxylic acids is 1. The number of carboxylic acid groups (broad SMARTS) is 1. The van der Waals surface area contributed by atoms with Crippen LogP contribution in [0, 0.1) is 0 Å². The minimum atomic E-state index is -0.991. The van der Waals surface area contributed by atoms with Gasteiger partial charge in [0.15, 0.2) is 5.69 Å². The summed E-state index contributed by atoms with van der Waals surface area (Å²) < 4.78 is 1.01. The predicted molar refractivity (Wildman–Crippen MR) is 81.4 cm³/mol. The third-order valence-corrected chi connectivity index (χ3v) is 3.99. The summed E-state index contributed by atoms with van der Waals surface area (Å²) in [6.07, 6.45) is 1.28. The summed E-state index contributed by atoms with van der Waals surface area (Å²) in [5, 5.41) is 12.5. The van der Waals surface area contributed by atoms with E-state index in [4.69, 9.17) is 0 Å². The standard InChI is InChI=1S/C15H14BrN3O2/c16-10-3-1-9(2-4-10)7-13-18-12-5-6-17-8-11(12)14(19-13)15(20)21/h1-4,17H,5-8H2,(H,20,21). The van der Waals surface area contributed by atoms with Crippen molar-refractivity contribution in [3.8, 4) is 0 Å². The van der Waals surface area contributed by atoms with E-state index < -0.39 is 5.97 Å². The highest BCUT2D eigenvalue weighted by Gasteiger charge is 2.21. The predicted octanol–water partition coefficient (Wildman–Crippen LogP) is 2.17. The molecule has 0 saturated heterocycles. The highest BCUT2D eigenvalue weighted by Crippen LogP contribution is 2.18. The molecule has 0 unspecified atom stereocenters. The second-order valence-electron chi connectivity index (χ2n) is 4.95. The van der Waals surface area contributed by atoms with E-state index in [0.717, 1.165) is 28.7 Å². The van der Waals surface area contributed by atoms with Crippen molar-refractivity contribution in [3.63, 3.8) is 0 Å². The van der Waals surface area contributed by atoms with Gasteiger partial charge in [0.25, 0.3) is 0 Å². The van der Waals surface area contributed by atoms with E-state index in [0.29, 0.717) is 24.4 Å². The molecule has 5 nitrogen and oxygen atoms in total. The first-order chi connectivity index (χ1) is 10.1. The van der Waals surface area contributed by atoms with Gasteiger partial charge in [0, 0.05) is 36.0 Å². The van der Waals surface area contributed by atoms with Crippen LogP contribution in [0.5, 0.6) is 0 Å². The van der Waals surface area contributed by atoms with Crippen LogP contribution in [-0.4, -0.2) is 27.6 Å². The number of hydrogen-bond acceptors (Lipinski definition) is 4. The number of hydrogen-bond donors (Lipinski definition) is 2. The van der Waals surface area contributed by atoms with Gasteiger partial charge in [-0.15, -0.1) is 0 Å². The Morgan fingerprint density at radius 3 is 2.76 bits per heavy atom. The molecule has 0 amide bonds. The lowest BCUT2D eigenvalue weighted by atomic mass is 10.0. The molecule has 6 heteroatoms. The molecule has 21 heavy (non-hydrogen) atoms. The highest BCUT2D eigenvalue weighted by atomic mass is 79.9. The van der Waals surface area contributed by atoms with E-state index in [1.807, 2.05) is 24.3 Å². The Labute approximate surface area is 130 Å². The summed E-state index contributed by atoms with van der Waals surface area (Å²) in [6, 6.07) is 7.87. The lowest BCUT2D eigenvalue weighted by Gasteiger charge is -2.18. The second-order valence-corrected chi connectivity index (χ2v) is 5.86. The summed E-state index contributed by atoms with van der Waals surface area (Å²) in [5.41, 5.74) is 2.75. The molecular formula is C15H14BrN3O2. The number of benzene rings is 1. The summed E-state index contributed by atoms with van der Waals surface area (Å²) in [5.74, 6) is -0.426. The molecule has 3 rings (SSSR count). The van der Waals surface area contributed by atoms with Gasteiger partial charge in [-0.2, -0.15) is 0 Å². The Bertz CT molecular complexity index is 686. The van der Waals surface area contributed by atoms with Crippen LogP contribution < -0.4 is 5.32 Å². The van der Waals surface area contributed by atoms with Gasteiger partial charge in [0.2, 0.25) is 0 Å². The van der Waals surface area contributed by atoms with Crippen LogP contribution in [0.4, 0.5) is 0 Å². The van der Waals surface area contributed by atoms with Gasteiger partial charge in [-0.3, -0.25) is 0 Å². The maximum absolute atomic E-state index is 11.4. The topological polar surface area (TPSA) is 75.1 Å². The zero-order valence-corrected chi connectivity index (χ0v) is 12.9. The van der Waals surface area contributed by atoms with Gasteiger partial charge >= 0.3 is 5.97 Å². The van der Waals surface area contributed by atoms with E-state index in [1.165, 1.54) is 0 Å². The third-order valence-electron chi connectivity index (χ3n) is 3.46. The number of halogens is 1. The number of aromatic carboxylic acids is 1. The number of fused-ring (bicyclic) bond motifs is 1. The van der Waals surface area contributed by atoms with E-state index in [-0.39, 0.29) is 5.69 Å². The molecule has 0 atom stereocenters. The van der Waals surface area contributed by atoms with Crippen molar-refractivity contribution in [3.05, 3.63) is 57.1 Å². The molecule has 0 bridgehead atoms. The molecule has 1 aromatic carbocycles. The average Bonchev–Trinajstić information content (AvgIpc) is 2.48. The van der Waals surface area contributed by atoms with Crippen LogP contribution in [0.3, 0.4) is 0 Å². The lowest BCUT2D eigenvalue weighted by Crippen LogP contribution is -2.28. The molecule has 0 spiro atoms. The van der Waals surface area contributed by atoms with Gasteiger partial charge < -0.3 is 10.4 Å².